The Balaban J connectivity index is 1.45. The molecule has 0 bridgehead atoms. The molecule has 9 nitrogen and oxygen atoms in total. The fraction of sp³-hybridized carbons (Fsp3) is 0.320. The molecule has 1 aliphatic rings. The van der Waals surface area contributed by atoms with Crippen LogP contribution in [0.3, 0.4) is 0 Å². The van der Waals surface area contributed by atoms with Crippen LogP contribution in [0, 0.1) is 11.2 Å². The highest BCUT2D eigenvalue weighted by atomic mass is 35.5. The molecule has 1 unspecified atom stereocenters. The van der Waals surface area contributed by atoms with E-state index in [1.807, 2.05) is 6.21 Å². The Morgan fingerprint density at radius 1 is 1.22 bits per heavy atom. The van der Waals surface area contributed by atoms with E-state index in [0.29, 0.717) is 29.2 Å². The third-order valence-corrected chi connectivity index (χ3v) is 7.48. The number of nitrogens with zero attached hydrogens (tertiary/aromatic N) is 6. The van der Waals surface area contributed by atoms with Crippen molar-refractivity contribution in [3.05, 3.63) is 68.7 Å². The summed E-state index contributed by atoms with van der Waals surface area (Å²) in [4.78, 5) is 34.7. The fourth-order valence-corrected chi connectivity index (χ4v) is 4.91. The number of fused-ring (bicyclic) bond motifs is 1. The first kappa shape index (κ1) is 25.2. The van der Waals surface area contributed by atoms with Gasteiger partial charge in [-0.05, 0) is 38.0 Å². The Hall–Kier alpha value is -3.50. The summed E-state index contributed by atoms with van der Waals surface area (Å²) in [6, 6.07) is 4.30. The van der Waals surface area contributed by atoms with Gasteiger partial charge in [-0.25, -0.2) is 28.8 Å². The zero-order valence-electron chi connectivity index (χ0n) is 20.4. The molecular weight excluding hydrogens is 520 g/mol. The van der Waals surface area contributed by atoms with Crippen molar-refractivity contribution in [3.8, 4) is 11.1 Å². The quantitative estimate of drug-likeness (QED) is 0.332. The van der Waals surface area contributed by atoms with E-state index >= 15 is 0 Å². The van der Waals surface area contributed by atoms with Crippen LogP contribution in [0.15, 0.2) is 51.6 Å². The Labute approximate surface area is 221 Å². The fourth-order valence-electron chi connectivity index (χ4n) is 4.23. The van der Waals surface area contributed by atoms with Crippen LogP contribution >= 0.6 is 23.2 Å². The summed E-state index contributed by atoms with van der Waals surface area (Å²) in [5, 5.41) is 4.47. The van der Waals surface area contributed by atoms with Crippen molar-refractivity contribution in [2.45, 2.75) is 39.7 Å². The van der Waals surface area contributed by atoms with Crippen LogP contribution in [0.1, 0.15) is 45.3 Å². The lowest BCUT2D eigenvalue weighted by atomic mass is 9.83. The predicted octanol–water partition coefficient (Wildman–Crippen LogP) is 5.32. The summed E-state index contributed by atoms with van der Waals surface area (Å²) in [7, 11) is 0. The number of benzene rings is 1. The van der Waals surface area contributed by atoms with Gasteiger partial charge in [-0.3, -0.25) is 4.98 Å². The number of aromatic amines is 1. The third-order valence-electron chi connectivity index (χ3n) is 6.76. The van der Waals surface area contributed by atoms with Gasteiger partial charge in [-0.15, -0.1) is 4.73 Å². The molecule has 4 aromatic rings. The molecule has 5 rings (SSSR count). The van der Waals surface area contributed by atoms with Crippen LogP contribution in [0.5, 0.6) is 0 Å². The smallest absolute Gasteiger partial charge is 0.360 e. The van der Waals surface area contributed by atoms with Crippen LogP contribution in [0.2, 0.25) is 10.0 Å². The second kappa shape index (κ2) is 9.75. The van der Waals surface area contributed by atoms with Crippen molar-refractivity contribution in [1.29, 1.82) is 0 Å². The third kappa shape index (κ3) is 4.55. The lowest BCUT2D eigenvalue weighted by Crippen LogP contribution is -2.30. The molecule has 0 amide bonds. The maximum atomic E-state index is 14.0. The number of hydrogen-bond acceptors (Lipinski definition) is 6. The molecule has 0 aliphatic carbocycles. The molecule has 0 spiro atoms. The van der Waals surface area contributed by atoms with Crippen molar-refractivity contribution in [1.82, 2.24) is 24.5 Å². The van der Waals surface area contributed by atoms with Crippen molar-refractivity contribution >= 4 is 46.5 Å². The number of aliphatic imine (C=N–C) groups is 2. The van der Waals surface area contributed by atoms with E-state index in [9.17, 15) is 9.18 Å². The number of halogens is 3. The van der Waals surface area contributed by atoms with Gasteiger partial charge in [-0.2, -0.15) is 5.10 Å². The van der Waals surface area contributed by atoms with Crippen LogP contribution in [0.4, 0.5) is 4.39 Å². The monoisotopic (exact) mass is 543 g/mol. The van der Waals surface area contributed by atoms with Gasteiger partial charge in [0.25, 0.3) is 0 Å². The molecule has 0 radical (unpaired) electrons. The Bertz CT molecular complexity index is 1600. The average molecular weight is 544 g/mol. The molecule has 4 heterocycles. The van der Waals surface area contributed by atoms with E-state index in [1.165, 1.54) is 12.1 Å². The molecule has 0 fully saturated rings. The normalized spacial score (nSPS) is 15.7. The maximum Gasteiger partial charge on any atom is 0.360 e. The van der Waals surface area contributed by atoms with E-state index in [4.69, 9.17) is 28.0 Å². The standard InChI is InChI=1S/C25H24Cl2FN7O2/c1-4-25(5-2)12-30-23(31-13-25)34-11-16(10-32-34)15-8-19-22(29-9-15)33-24(36)35(19)37-14(3)20-17(26)6-7-18(28)21(20)27/h6-12,14H,4-5,13H2,1-3H3,(H,29,33,36). The minimum Gasteiger partial charge on any atom is -0.401 e. The minimum atomic E-state index is -0.834. The van der Waals surface area contributed by atoms with E-state index in [2.05, 4.69) is 38.9 Å². The molecular formula is C25H24Cl2FN7O2. The summed E-state index contributed by atoms with van der Waals surface area (Å²) in [6.45, 7) is 6.55. The largest absolute Gasteiger partial charge is 0.401 e. The highest BCUT2D eigenvalue weighted by molar-refractivity contribution is 6.36. The number of imidazole rings is 1. The first-order chi connectivity index (χ1) is 17.7. The average Bonchev–Trinajstić information content (AvgIpc) is 3.51. The van der Waals surface area contributed by atoms with Gasteiger partial charge in [0.15, 0.2) is 11.8 Å². The maximum absolute atomic E-state index is 14.0. The van der Waals surface area contributed by atoms with Crippen LogP contribution in [-0.4, -0.2) is 43.2 Å². The van der Waals surface area contributed by atoms with Crippen LogP contribution in [-0.2, 0) is 0 Å². The SMILES string of the molecule is CCC1(CC)C=NC(n2cc(-c3cnc4[nH]c(=O)n(OC(C)c5c(Cl)ccc(F)c5Cl)c4c3)cn2)=NC1. The second-order valence-corrected chi connectivity index (χ2v) is 9.72. The first-order valence-corrected chi connectivity index (χ1v) is 12.6. The van der Waals surface area contributed by atoms with Crippen molar-refractivity contribution in [2.24, 2.45) is 15.4 Å². The molecule has 0 saturated carbocycles. The van der Waals surface area contributed by atoms with Gasteiger partial charge in [0, 0.05) is 45.7 Å². The summed E-state index contributed by atoms with van der Waals surface area (Å²) >= 11 is 12.4. The molecule has 1 atom stereocenters. The minimum absolute atomic E-state index is 0.0104. The molecule has 37 heavy (non-hydrogen) atoms. The zero-order valence-corrected chi connectivity index (χ0v) is 21.9. The topological polar surface area (TPSA) is 102 Å². The van der Waals surface area contributed by atoms with Gasteiger partial charge >= 0.3 is 5.69 Å². The molecule has 12 heteroatoms. The molecule has 3 aromatic heterocycles. The van der Waals surface area contributed by atoms with E-state index in [1.54, 1.807) is 36.3 Å². The highest BCUT2D eigenvalue weighted by Crippen LogP contribution is 2.33. The number of H-pyrrole nitrogens is 1. The van der Waals surface area contributed by atoms with E-state index < -0.39 is 17.6 Å². The van der Waals surface area contributed by atoms with Gasteiger partial charge in [0.1, 0.15) is 11.3 Å². The summed E-state index contributed by atoms with van der Waals surface area (Å²) < 4.78 is 16.7. The van der Waals surface area contributed by atoms with Gasteiger partial charge < -0.3 is 4.84 Å². The van der Waals surface area contributed by atoms with E-state index in [-0.39, 0.29) is 21.0 Å². The number of pyridine rings is 1. The van der Waals surface area contributed by atoms with Gasteiger partial charge in [-0.1, -0.05) is 37.0 Å². The van der Waals surface area contributed by atoms with Gasteiger partial charge in [0.05, 0.1) is 17.8 Å². The summed E-state index contributed by atoms with van der Waals surface area (Å²) in [5.74, 6) is -0.122. The molecule has 1 N–H and O–H groups in total. The molecule has 1 aromatic carbocycles. The lowest BCUT2D eigenvalue weighted by molar-refractivity contribution is 0.0492. The molecule has 192 valence electrons. The lowest BCUT2D eigenvalue weighted by Gasteiger charge is -2.27. The summed E-state index contributed by atoms with van der Waals surface area (Å²) in [5.41, 5.74) is 1.83. The Kier molecular flexibility index (Phi) is 6.63. The second-order valence-electron chi connectivity index (χ2n) is 8.94. The van der Waals surface area contributed by atoms with Gasteiger partial charge in [0.2, 0.25) is 5.96 Å². The van der Waals surface area contributed by atoms with Crippen molar-refractivity contribution in [3.63, 3.8) is 0 Å². The number of nitrogens with one attached hydrogen (secondary N) is 1. The highest BCUT2D eigenvalue weighted by Gasteiger charge is 2.27. The number of aromatic nitrogens is 5. The van der Waals surface area contributed by atoms with E-state index in [0.717, 1.165) is 23.1 Å². The van der Waals surface area contributed by atoms with Crippen molar-refractivity contribution in [2.75, 3.05) is 6.54 Å². The van der Waals surface area contributed by atoms with Crippen LogP contribution in [0.25, 0.3) is 22.3 Å². The van der Waals surface area contributed by atoms with Crippen molar-refractivity contribution < 1.29 is 9.23 Å². The Morgan fingerprint density at radius 2 is 2.00 bits per heavy atom. The predicted molar refractivity (Wildman–Crippen MR) is 142 cm³/mol. The first-order valence-electron chi connectivity index (χ1n) is 11.8. The number of rotatable bonds is 6. The summed E-state index contributed by atoms with van der Waals surface area (Å²) in [6.07, 6.45) is 8.17. The number of hydrogen-bond donors (Lipinski definition) is 1. The Morgan fingerprint density at radius 3 is 2.70 bits per heavy atom. The van der Waals surface area contributed by atoms with Crippen LogP contribution < -0.4 is 10.5 Å². The zero-order chi connectivity index (χ0) is 26.3. The molecule has 0 saturated heterocycles. The molecule has 1 aliphatic heterocycles.